The van der Waals surface area contributed by atoms with Gasteiger partial charge in [0.25, 0.3) is 0 Å². The molecule has 1 aromatic rings. The molecule has 1 aliphatic rings. The molecule has 0 saturated carbocycles. The van der Waals surface area contributed by atoms with Crippen molar-refractivity contribution >= 4 is 11.6 Å². The van der Waals surface area contributed by atoms with E-state index in [0.29, 0.717) is 12.5 Å². The van der Waals surface area contributed by atoms with Gasteiger partial charge in [0.15, 0.2) is 0 Å². The molecule has 0 radical (unpaired) electrons. The minimum Gasteiger partial charge on any atom is -0.396 e. The molecule has 2 N–H and O–H groups in total. The van der Waals surface area contributed by atoms with Crippen LogP contribution < -0.4 is 5.32 Å². The number of aliphatic hydroxyl groups is 1. The van der Waals surface area contributed by atoms with E-state index in [2.05, 4.69) is 10.2 Å². The van der Waals surface area contributed by atoms with Gasteiger partial charge >= 0.3 is 0 Å². The minimum atomic E-state index is 0.0137. The zero-order chi connectivity index (χ0) is 12.8. The largest absolute Gasteiger partial charge is 0.396 e. The molecule has 98 valence electrons. The fraction of sp³-hybridized carbons (Fsp3) is 0.500. The summed E-state index contributed by atoms with van der Waals surface area (Å²) in [4.78, 5) is 14.0. The van der Waals surface area contributed by atoms with Crippen molar-refractivity contribution in [2.24, 2.45) is 5.92 Å². The standard InChI is InChI=1S/C14H20N2O2/c17-11-12-5-4-8-16(9-12)10-14(18)15-13-6-2-1-3-7-13/h1-3,6-7,12,17H,4-5,8-11H2,(H,15,18). The molecule has 1 atom stereocenters. The molecular formula is C14H20N2O2. The number of nitrogens with one attached hydrogen (secondary N) is 1. The van der Waals surface area contributed by atoms with E-state index >= 15 is 0 Å². The van der Waals surface area contributed by atoms with E-state index < -0.39 is 0 Å². The Hall–Kier alpha value is -1.39. The van der Waals surface area contributed by atoms with E-state index in [9.17, 15) is 4.79 Å². The smallest absolute Gasteiger partial charge is 0.238 e. The monoisotopic (exact) mass is 248 g/mol. The highest BCUT2D eigenvalue weighted by atomic mass is 16.3. The lowest BCUT2D eigenvalue weighted by atomic mass is 9.99. The van der Waals surface area contributed by atoms with E-state index in [0.717, 1.165) is 31.6 Å². The summed E-state index contributed by atoms with van der Waals surface area (Å²) < 4.78 is 0. The minimum absolute atomic E-state index is 0.0137. The van der Waals surface area contributed by atoms with Crippen LogP contribution in [0.4, 0.5) is 5.69 Å². The normalized spacial score (nSPS) is 20.6. The molecule has 0 spiro atoms. The summed E-state index contributed by atoms with van der Waals surface area (Å²) in [6, 6.07) is 9.48. The lowest BCUT2D eigenvalue weighted by Gasteiger charge is -2.31. The Morgan fingerprint density at radius 2 is 2.17 bits per heavy atom. The van der Waals surface area contributed by atoms with Crippen molar-refractivity contribution < 1.29 is 9.90 Å². The summed E-state index contributed by atoms with van der Waals surface area (Å²) >= 11 is 0. The van der Waals surface area contributed by atoms with Gasteiger partial charge in [0.2, 0.25) is 5.91 Å². The molecule has 1 fully saturated rings. The molecule has 18 heavy (non-hydrogen) atoms. The molecule has 1 aromatic carbocycles. The van der Waals surface area contributed by atoms with Crippen molar-refractivity contribution in [2.45, 2.75) is 12.8 Å². The third-order valence-corrected chi connectivity index (χ3v) is 3.29. The maximum absolute atomic E-state index is 11.9. The van der Waals surface area contributed by atoms with Crippen LogP contribution >= 0.6 is 0 Å². The first-order valence-electron chi connectivity index (χ1n) is 6.46. The van der Waals surface area contributed by atoms with Crippen molar-refractivity contribution in [2.75, 3.05) is 31.6 Å². The number of carbonyl (C=O) groups is 1. The molecule has 1 heterocycles. The van der Waals surface area contributed by atoms with E-state index in [4.69, 9.17) is 5.11 Å². The van der Waals surface area contributed by atoms with Crippen LogP contribution in [-0.2, 0) is 4.79 Å². The van der Waals surface area contributed by atoms with Gasteiger partial charge in [0.1, 0.15) is 0 Å². The number of para-hydroxylation sites is 1. The van der Waals surface area contributed by atoms with Gasteiger partial charge in [-0.2, -0.15) is 0 Å². The fourth-order valence-corrected chi connectivity index (χ4v) is 2.37. The van der Waals surface area contributed by atoms with E-state index in [-0.39, 0.29) is 12.5 Å². The van der Waals surface area contributed by atoms with Crippen LogP contribution in [-0.4, -0.2) is 42.2 Å². The fourth-order valence-electron chi connectivity index (χ4n) is 2.37. The maximum atomic E-state index is 11.9. The van der Waals surface area contributed by atoms with Gasteiger partial charge in [0.05, 0.1) is 6.54 Å². The predicted octanol–water partition coefficient (Wildman–Crippen LogP) is 1.33. The summed E-state index contributed by atoms with van der Waals surface area (Å²) in [5.74, 6) is 0.336. The van der Waals surface area contributed by atoms with Gasteiger partial charge in [-0.1, -0.05) is 18.2 Å². The van der Waals surface area contributed by atoms with Crippen LogP contribution in [0.2, 0.25) is 0 Å². The lowest BCUT2D eigenvalue weighted by molar-refractivity contribution is -0.117. The molecule has 4 nitrogen and oxygen atoms in total. The Morgan fingerprint density at radius 3 is 2.89 bits per heavy atom. The number of nitrogens with zero attached hydrogens (tertiary/aromatic N) is 1. The predicted molar refractivity (Wildman–Crippen MR) is 71.3 cm³/mol. The first-order chi connectivity index (χ1) is 8.78. The summed E-state index contributed by atoms with van der Waals surface area (Å²) in [7, 11) is 0. The number of hydrogen-bond acceptors (Lipinski definition) is 3. The Balaban J connectivity index is 1.80. The number of rotatable bonds is 4. The Kier molecular flexibility index (Phi) is 4.73. The topological polar surface area (TPSA) is 52.6 Å². The molecule has 0 aliphatic carbocycles. The molecule has 0 aromatic heterocycles. The summed E-state index contributed by atoms with van der Waals surface area (Å²) in [5, 5.41) is 12.0. The number of carbonyl (C=O) groups excluding carboxylic acids is 1. The second-order valence-electron chi connectivity index (χ2n) is 4.84. The second-order valence-corrected chi connectivity index (χ2v) is 4.84. The molecule has 1 amide bonds. The van der Waals surface area contributed by atoms with Crippen molar-refractivity contribution in [3.05, 3.63) is 30.3 Å². The summed E-state index contributed by atoms with van der Waals surface area (Å²) in [5.41, 5.74) is 0.832. The number of hydrogen-bond donors (Lipinski definition) is 2. The molecular weight excluding hydrogens is 228 g/mol. The van der Waals surface area contributed by atoms with Crippen LogP contribution in [0.1, 0.15) is 12.8 Å². The van der Waals surface area contributed by atoms with Gasteiger partial charge in [0, 0.05) is 18.8 Å². The van der Waals surface area contributed by atoms with Crippen molar-refractivity contribution in [3.63, 3.8) is 0 Å². The van der Waals surface area contributed by atoms with Gasteiger partial charge in [-0.15, -0.1) is 0 Å². The Labute approximate surface area is 108 Å². The van der Waals surface area contributed by atoms with Crippen LogP contribution in [0.3, 0.4) is 0 Å². The molecule has 4 heteroatoms. The molecule has 1 unspecified atom stereocenters. The van der Waals surface area contributed by atoms with E-state index in [1.807, 2.05) is 30.3 Å². The van der Waals surface area contributed by atoms with Crippen molar-refractivity contribution in [1.29, 1.82) is 0 Å². The van der Waals surface area contributed by atoms with E-state index in [1.165, 1.54) is 0 Å². The number of aliphatic hydroxyl groups excluding tert-OH is 1. The second kappa shape index (κ2) is 6.52. The highest BCUT2D eigenvalue weighted by molar-refractivity contribution is 5.92. The van der Waals surface area contributed by atoms with Crippen LogP contribution in [0.15, 0.2) is 30.3 Å². The molecule has 2 rings (SSSR count). The zero-order valence-electron chi connectivity index (χ0n) is 10.5. The van der Waals surface area contributed by atoms with Gasteiger partial charge < -0.3 is 10.4 Å². The summed E-state index contributed by atoms with van der Waals surface area (Å²) in [6.45, 7) is 2.39. The van der Waals surface area contributed by atoms with Gasteiger partial charge in [-0.3, -0.25) is 9.69 Å². The molecule has 0 bridgehead atoms. The lowest BCUT2D eigenvalue weighted by Crippen LogP contribution is -2.41. The number of amides is 1. The highest BCUT2D eigenvalue weighted by Crippen LogP contribution is 2.15. The third kappa shape index (κ3) is 3.82. The Bertz CT molecular complexity index is 381. The average Bonchev–Trinajstić information content (AvgIpc) is 2.40. The van der Waals surface area contributed by atoms with Gasteiger partial charge in [-0.25, -0.2) is 0 Å². The first kappa shape index (κ1) is 13.1. The van der Waals surface area contributed by atoms with Crippen LogP contribution in [0.25, 0.3) is 0 Å². The highest BCUT2D eigenvalue weighted by Gasteiger charge is 2.20. The van der Waals surface area contributed by atoms with E-state index in [1.54, 1.807) is 0 Å². The quantitative estimate of drug-likeness (QED) is 0.845. The first-order valence-corrected chi connectivity index (χ1v) is 6.46. The number of benzene rings is 1. The van der Waals surface area contributed by atoms with Crippen LogP contribution in [0, 0.1) is 5.92 Å². The number of anilines is 1. The van der Waals surface area contributed by atoms with Crippen LogP contribution in [0.5, 0.6) is 0 Å². The Morgan fingerprint density at radius 1 is 1.39 bits per heavy atom. The van der Waals surface area contributed by atoms with Gasteiger partial charge in [-0.05, 0) is 37.4 Å². The maximum Gasteiger partial charge on any atom is 0.238 e. The molecule has 1 saturated heterocycles. The zero-order valence-corrected chi connectivity index (χ0v) is 10.5. The average molecular weight is 248 g/mol. The van der Waals surface area contributed by atoms with Crippen molar-refractivity contribution in [3.8, 4) is 0 Å². The number of piperidine rings is 1. The summed E-state index contributed by atoms with van der Waals surface area (Å²) in [6.07, 6.45) is 2.12. The SMILES string of the molecule is O=C(CN1CCCC(CO)C1)Nc1ccccc1. The molecule has 1 aliphatic heterocycles. The third-order valence-electron chi connectivity index (χ3n) is 3.29. The van der Waals surface area contributed by atoms with Crippen molar-refractivity contribution in [1.82, 2.24) is 4.90 Å². The number of likely N-dealkylation sites (tertiary alicyclic amines) is 1.